The van der Waals surface area contributed by atoms with Crippen molar-refractivity contribution in [2.24, 2.45) is 5.10 Å². The summed E-state index contributed by atoms with van der Waals surface area (Å²) in [6.45, 7) is 6.27. The molecule has 0 atom stereocenters. The molecular formula is C23H22N4OS. The first-order valence-electron chi connectivity index (χ1n) is 9.51. The van der Waals surface area contributed by atoms with Crippen LogP contribution in [0.4, 0.5) is 0 Å². The quantitative estimate of drug-likeness (QED) is 0.365. The molecule has 2 aromatic heterocycles. The maximum absolute atomic E-state index is 12.6. The Bertz CT molecular complexity index is 1170. The highest BCUT2D eigenvalue weighted by atomic mass is 32.1. The number of para-hydroxylation sites is 1. The van der Waals surface area contributed by atoms with Gasteiger partial charge < -0.3 is 0 Å². The van der Waals surface area contributed by atoms with E-state index in [1.54, 1.807) is 6.21 Å². The minimum atomic E-state index is -0.222. The molecule has 0 aliphatic rings. The summed E-state index contributed by atoms with van der Waals surface area (Å²) < 4.78 is 1.88. The van der Waals surface area contributed by atoms with E-state index in [1.165, 1.54) is 16.9 Å². The molecular weight excluding hydrogens is 380 g/mol. The summed E-state index contributed by atoms with van der Waals surface area (Å²) >= 11 is 1.41. The van der Waals surface area contributed by atoms with E-state index >= 15 is 0 Å². The van der Waals surface area contributed by atoms with Gasteiger partial charge in [-0.1, -0.05) is 56.3 Å². The van der Waals surface area contributed by atoms with Crippen LogP contribution < -0.4 is 5.43 Å². The van der Waals surface area contributed by atoms with Crippen molar-refractivity contribution in [2.45, 2.75) is 26.7 Å². The third-order valence-electron chi connectivity index (χ3n) is 4.75. The number of nitrogens with one attached hydrogen (secondary N) is 1. The van der Waals surface area contributed by atoms with Crippen molar-refractivity contribution in [2.75, 3.05) is 0 Å². The van der Waals surface area contributed by atoms with Gasteiger partial charge in [0.1, 0.15) is 4.83 Å². The number of amides is 1. The van der Waals surface area contributed by atoms with E-state index in [2.05, 4.69) is 41.6 Å². The van der Waals surface area contributed by atoms with Crippen LogP contribution in [0, 0.1) is 6.92 Å². The number of nitrogens with zero attached hydrogens (tertiary/aromatic N) is 3. The van der Waals surface area contributed by atoms with Gasteiger partial charge >= 0.3 is 0 Å². The van der Waals surface area contributed by atoms with Gasteiger partial charge in [0.2, 0.25) is 0 Å². The van der Waals surface area contributed by atoms with Gasteiger partial charge in [-0.25, -0.2) is 10.1 Å². The molecule has 5 nitrogen and oxygen atoms in total. The lowest BCUT2D eigenvalue weighted by Crippen LogP contribution is -2.16. The van der Waals surface area contributed by atoms with Crippen LogP contribution in [0.2, 0.25) is 0 Å². The van der Waals surface area contributed by atoms with Crippen LogP contribution in [0.1, 0.15) is 46.3 Å². The molecule has 0 bridgehead atoms. The molecule has 0 saturated carbocycles. The number of fused-ring (bicyclic) bond motifs is 1. The second-order valence-electron chi connectivity index (χ2n) is 7.18. The molecule has 2 aromatic carbocycles. The van der Waals surface area contributed by atoms with E-state index in [9.17, 15) is 4.79 Å². The molecule has 1 N–H and O–H groups in total. The van der Waals surface area contributed by atoms with E-state index in [-0.39, 0.29) is 5.91 Å². The predicted octanol–water partition coefficient (Wildman–Crippen LogP) is 5.28. The number of carbonyl (C=O) groups is 1. The number of rotatable bonds is 5. The Kier molecular flexibility index (Phi) is 5.27. The first-order valence-corrected chi connectivity index (χ1v) is 10.3. The Morgan fingerprint density at radius 3 is 2.55 bits per heavy atom. The number of hydrogen-bond acceptors (Lipinski definition) is 4. The molecule has 29 heavy (non-hydrogen) atoms. The lowest BCUT2D eigenvalue weighted by Gasteiger charge is -2.04. The number of aryl methyl sites for hydroxylation is 1. The minimum absolute atomic E-state index is 0.222. The van der Waals surface area contributed by atoms with Gasteiger partial charge in [-0.15, -0.1) is 11.3 Å². The van der Waals surface area contributed by atoms with Crippen molar-refractivity contribution in [1.82, 2.24) is 15.2 Å². The molecule has 0 unspecified atom stereocenters. The largest absolute Gasteiger partial charge is 0.281 e. The fourth-order valence-corrected chi connectivity index (χ4v) is 4.16. The maximum atomic E-state index is 12.6. The summed E-state index contributed by atoms with van der Waals surface area (Å²) in [6.07, 6.45) is 1.66. The summed E-state index contributed by atoms with van der Waals surface area (Å²) in [4.78, 5) is 14.1. The van der Waals surface area contributed by atoms with Gasteiger partial charge in [-0.2, -0.15) is 10.2 Å². The van der Waals surface area contributed by atoms with Crippen molar-refractivity contribution < 1.29 is 4.79 Å². The number of benzene rings is 2. The summed E-state index contributed by atoms with van der Waals surface area (Å²) in [6, 6.07) is 20.0. The van der Waals surface area contributed by atoms with E-state index in [1.807, 2.05) is 60.1 Å². The average Bonchev–Trinajstić information content (AvgIpc) is 3.30. The zero-order chi connectivity index (χ0) is 20.4. The van der Waals surface area contributed by atoms with Gasteiger partial charge in [0.05, 0.1) is 22.5 Å². The fourth-order valence-electron chi connectivity index (χ4n) is 3.09. The molecule has 6 heteroatoms. The second-order valence-corrected chi connectivity index (χ2v) is 8.21. The molecule has 2 heterocycles. The highest BCUT2D eigenvalue weighted by Gasteiger charge is 2.16. The van der Waals surface area contributed by atoms with Crippen LogP contribution in [0.5, 0.6) is 0 Å². The molecule has 4 aromatic rings. The maximum Gasteiger partial charge on any atom is 0.281 e. The SMILES string of the molecule is Cc1nn(-c2ccccc2)c2sc(C(=O)NN=Cc3ccc(C(C)C)cc3)cc12. The van der Waals surface area contributed by atoms with Crippen LogP contribution in [-0.2, 0) is 0 Å². The molecule has 0 radical (unpaired) electrons. The molecule has 0 fully saturated rings. The molecule has 0 aliphatic heterocycles. The Morgan fingerprint density at radius 2 is 1.86 bits per heavy atom. The summed E-state index contributed by atoms with van der Waals surface area (Å²) in [7, 11) is 0. The van der Waals surface area contributed by atoms with Crippen LogP contribution in [0.3, 0.4) is 0 Å². The van der Waals surface area contributed by atoms with E-state index in [0.717, 1.165) is 27.2 Å². The third-order valence-corrected chi connectivity index (χ3v) is 5.86. The van der Waals surface area contributed by atoms with E-state index in [4.69, 9.17) is 0 Å². The van der Waals surface area contributed by atoms with Gasteiger partial charge in [0.15, 0.2) is 0 Å². The number of hydrazone groups is 1. The van der Waals surface area contributed by atoms with Gasteiger partial charge in [0, 0.05) is 5.39 Å². The first-order chi connectivity index (χ1) is 14.0. The lowest BCUT2D eigenvalue weighted by molar-refractivity contribution is 0.0959. The Balaban J connectivity index is 1.52. The van der Waals surface area contributed by atoms with Crippen molar-refractivity contribution in [3.05, 3.63) is 82.4 Å². The molecule has 1 amide bonds. The first kappa shape index (κ1) is 19.1. The van der Waals surface area contributed by atoms with Gasteiger partial charge in [0.25, 0.3) is 5.91 Å². The number of carbonyl (C=O) groups excluding carboxylic acids is 1. The molecule has 0 aliphatic carbocycles. The smallest absolute Gasteiger partial charge is 0.266 e. The highest BCUT2D eigenvalue weighted by Crippen LogP contribution is 2.30. The summed E-state index contributed by atoms with van der Waals surface area (Å²) in [5, 5.41) is 9.70. The molecule has 0 saturated heterocycles. The third kappa shape index (κ3) is 3.98. The number of aromatic nitrogens is 2. The fraction of sp³-hybridized carbons (Fsp3) is 0.174. The van der Waals surface area contributed by atoms with Crippen LogP contribution >= 0.6 is 11.3 Å². The van der Waals surface area contributed by atoms with E-state index in [0.29, 0.717) is 10.8 Å². The monoisotopic (exact) mass is 402 g/mol. The average molecular weight is 403 g/mol. The Morgan fingerprint density at radius 1 is 1.14 bits per heavy atom. The number of thiophene rings is 1. The van der Waals surface area contributed by atoms with E-state index < -0.39 is 0 Å². The Labute approximate surface area is 173 Å². The van der Waals surface area contributed by atoms with Crippen molar-refractivity contribution in [3.8, 4) is 5.69 Å². The minimum Gasteiger partial charge on any atom is -0.266 e. The molecule has 0 spiro atoms. The lowest BCUT2D eigenvalue weighted by atomic mass is 10.0. The van der Waals surface area contributed by atoms with Crippen LogP contribution in [-0.4, -0.2) is 21.9 Å². The second kappa shape index (κ2) is 8.01. The number of hydrogen-bond donors (Lipinski definition) is 1. The van der Waals surface area contributed by atoms with Crippen LogP contribution in [0.25, 0.3) is 15.9 Å². The topological polar surface area (TPSA) is 59.3 Å². The zero-order valence-electron chi connectivity index (χ0n) is 16.6. The predicted molar refractivity (Wildman–Crippen MR) is 119 cm³/mol. The van der Waals surface area contributed by atoms with Gasteiger partial charge in [-0.05, 0) is 42.2 Å². The summed E-state index contributed by atoms with van der Waals surface area (Å²) in [5.41, 5.74) is 6.72. The molecule has 146 valence electrons. The highest BCUT2D eigenvalue weighted by molar-refractivity contribution is 7.20. The normalized spacial score (nSPS) is 11.6. The Hall–Kier alpha value is -3.25. The van der Waals surface area contributed by atoms with Crippen molar-refractivity contribution in [1.29, 1.82) is 0 Å². The summed E-state index contributed by atoms with van der Waals surface area (Å²) in [5.74, 6) is 0.268. The van der Waals surface area contributed by atoms with Crippen molar-refractivity contribution >= 4 is 33.7 Å². The van der Waals surface area contributed by atoms with Gasteiger partial charge in [-0.3, -0.25) is 4.79 Å². The molecule has 4 rings (SSSR count). The zero-order valence-corrected chi connectivity index (χ0v) is 17.4. The standard InChI is InChI=1S/C23H22N4OS/c1-15(2)18-11-9-17(10-12-18)14-24-25-22(28)21-13-20-16(3)26-27(23(20)29-21)19-7-5-4-6-8-19/h4-15H,1-3H3,(H,25,28). The van der Waals surface area contributed by atoms with Crippen molar-refractivity contribution in [3.63, 3.8) is 0 Å². The van der Waals surface area contributed by atoms with Crippen LogP contribution in [0.15, 0.2) is 65.8 Å².